The summed E-state index contributed by atoms with van der Waals surface area (Å²) in [7, 11) is -3.83. The molecule has 2 aliphatic heterocycles. The molecule has 1 saturated heterocycles. The van der Waals surface area contributed by atoms with Gasteiger partial charge in [-0.2, -0.15) is 4.72 Å². The van der Waals surface area contributed by atoms with E-state index in [9.17, 15) is 13.5 Å². The number of nitrogens with zero attached hydrogens (tertiary/aromatic N) is 2. The molecule has 5 rings (SSSR count). The number of fused-ring (bicyclic) bond motifs is 2. The van der Waals surface area contributed by atoms with Crippen LogP contribution >= 0.6 is 12.4 Å². The van der Waals surface area contributed by atoms with Gasteiger partial charge in [0.25, 0.3) is 0 Å². The van der Waals surface area contributed by atoms with Crippen molar-refractivity contribution in [2.24, 2.45) is 0 Å². The van der Waals surface area contributed by atoms with Crippen molar-refractivity contribution < 1.29 is 23.0 Å². The van der Waals surface area contributed by atoms with Crippen LogP contribution in [0.4, 0.5) is 0 Å². The molecule has 2 unspecified atom stereocenters. The first kappa shape index (κ1) is 25.5. The maximum absolute atomic E-state index is 13.3. The van der Waals surface area contributed by atoms with Gasteiger partial charge in [-0.05, 0) is 62.2 Å². The van der Waals surface area contributed by atoms with Gasteiger partial charge in [0, 0.05) is 36.1 Å². The highest BCUT2D eigenvalue weighted by atomic mass is 35.5. The quantitative estimate of drug-likeness (QED) is 0.454. The molecule has 3 N–H and O–H groups in total. The van der Waals surface area contributed by atoms with Crippen LogP contribution in [-0.2, 0) is 16.4 Å². The lowest BCUT2D eigenvalue weighted by molar-refractivity contribution is 0.174. The van der Waals surface area contributed by atoms with Crippen molar-refractivity contribution in [2.75, 3.05) is 26.4 Å². The molecule has 188 valence electrons. The molecule has 1 fully saturated rings. The minimum Gasteiger partial charge on any atom is -0.493 e. The van der Waals surface area contributed by atoms with Crippen molar-refractivity contribution in [2.45, 2.75) is 36.9 Å². The van der Waals surface area contributed by atoms with Gasteiger partial charge in [0.15, 0.2) is 11.5 Å². The van der Waals surface area contributed by atoms with E-state index in [2.05, 4.69) is 19.9 Å². The van der Waals surface area contributed by atoms with Crippen LogP contribution in [0.25, 0.3) is 10.8 Å². The van der Waals surface area contributed by atoms with E-state index in [4.69, 9.17) is 9.47 Å². The number of pyridine rings is 1. The van der Waals surface area contributed by atoms with Crippen molar-refractivity contribution in [3.63, 3.8) is 0 Å². The highest BCUT2D eigenvalue weighted by Gasteiger charge is 2.27. The predicted octanol–water partition coefficient (Wildman–Crippen LogP) is 2.62. The molecule has 0 saturated carbocycles. The predicted molar refractivity (Wildman–Crippen MR) is 135 cm³/mol. The smallest absolute Gasteiger partial charge is 0.242 e. The monoisotopic (exact) mass is 520 g/mol. The summed E-state index contributed by atoms with van der Waals surface area (Å²) in [5, 5.41) is 14.4. The summed E-state index contributed by atoms with van der Waals surface area (Å²) in [6, 6.07) is 12.6. The van der Waals surface area contributed by atoms with Gasteiger partial charge in [-0.1, -0.05) is 12.1 Å². The summed E-state index contributed by atoms with van der Waals surface area (Å²) in [6.45, 7) is 4.44. The second-order valence-corrected chi connectivity index (χ2v) is 10.4. The molecule has 1 aromatic heterocycles. The van der Waals surface area contributed by atoms with Crippen LogP contribution < -0.4 is 19.5 Å². The Kier molecular flexibility index (Phi) is 7.67. The fourth-order valence-electron chi connectivity index (χ4n) is 4.63. The average molecular weight is 521 g/mol. The number of sulfonamides is 1. The summed E-state index contributed by atoms with van der Waals surface area (Å²) >= 11 is 0. The topological polar surface area (TPSA) is 113 Å². The van der Waals surface area contributed by atoms with Crippen LogP contribution in [0.15, 0.2) is 53.6 Å². The molecule has 9 nitrogen and oxygen atoms in total. The molecular formula is C24H29ClN4O5S. The number of hydrogen-bond donors (Lipinski definition) is 3. The van der Waals surface area contributed by atoms with Crippen LogP contribution in [0.3, 0.4) is 0 Å². The van der Waals surface area contributed by atoms with Gasteiger partial charge in [-0.3, -0.25) is 4.90 Å². The van der Waals surface area contributed by atoms with E-state index >= 15 is 0 Å². The number of ether oxygens (including phenoxy) is 2. The highest BCUT2D eigenvalue weighted by molar-refractivity contribution is 7.89. The summed E-state index contributed by atoms with van der Waals surface area (Å²) < 4.78 is 40.3. The van der Waals surface area contributed by atoms with Gasteiger partial charge in [0.05, 0.1) is 11.1 Å². The number of rotatable bonds is 6. The van der Waals surface area contributed by atoms with Gasteiger partial charge in [-0.25, -0.2) is 13.4 Å². The Morgan fingerprint density at radius 1 is 1.20 bits per heavy atom. The lowest BCUT2D eigenvalue weighted by atomic mass is 10.0. The van der Waals surface area contributed by atoms with Gasteiger partial charge < -0.3 is 19.9 Å². The summed E-state index contributed by atoms with van der Waals surface area (Å²) in [6.07, 6.45) is 2.70. The third-order valence-electron chi connectivity index (χ3n) is 6.34. The van der Waals surface area contributed by atoms with E-state index in [1.807, 2.05) is 25.1 Å². The van der Waals surface area contributed by atoms with Crippen LogP contribution in [0.5, 0.6) is 17.4 Å². The number of hydrogen-bond acceptors (Lipinski definition) is 8. The van der Waals surface area contributed by atoms with Crippen LogP contribution in [0, 0.1) is 0 Å². The number of nitrogens with one attached hydrogen (secondary N) is 2. The lowest BCUT2D eigenvalue weighted by Gasteiger charge is -2.30. The van der Waals surface area contributed by atoms with Gasteiger partial charge in [0.1, 0.15) is 0 Å². The van der Waals surface area contributed by atoms with E-state index in [-0.39, 0.29) is 36.0 Å². The third-order valence-corrected chi connectivity index (χ3v) is 7.92. The molecule has 3 heterocycles. The molecular weight excluding hydrogens is 492 g/mol. The van der Waals surface area contributed by atoms with Crippen molar-refractivity contribution in [1.82, 2.24) is 19.9 Å². The van der Waals surface area contributed by atoms with Crippen LogP contribution in [0.2, 0.25) is 0 Å². The zero-order chi connectivity index (χ0) is 23.7. The van der Waals surface area contributed by atoms with Crippen LogP contribution in [0.1, 0.15) is 18.9 Å². The summed E-state index contributed by atoms with van der Waals surface area (Å²) in [4.78, 5) is 6.12. The number of aromatic nitrogens is 1. The highest BCUT2D eigenvalue weighted by Crippen LogP contribution is 2.33. The van der Waals surface area contributed by atoms with Gasteiger partial charge in [-0.15, -0.1) is 12.4 Å². The van der Waals surface area contributed by atoms with E-state index in [1.165, 1.54) is 6.20 Å². The molecule has 0 radical (unpaired) electrons. The summed E-state index contributed by atoms with van der Waals surface area (Å²) in [5.41, 5.74) is 1.14. The zero-order valence-electron chi connectivity index (χ0n) is 19.3. The van der Waals surface area contributed by atoms with E-state index < -0.39 is 16.2 Å². The van der Waals surface area contributed by atoms with Crippen molar-refractivity contribution in [3.8, 4) is 17.4 Å². The minimum absolute atomic E-state index is 0. The normalized spacial score (nSPS) is 19.2. The molecule has 0 spiro atoms. The number of benzene rings is 2. The first-order chi connectivity index (χ1) is 16.4. The Labute approximate surface area is 210 Å². The second kappa shape index (κ2) is 10.5. The van der Waals surface area contributed by atoms with Gasteiger partial charge >= 0.3 is 0 Å². The molecule has 2 atom stereocenters. The second-order valence-electron chi connectivity index (χ2n) is 8.67. The third kappa shape index (κ3) is 5.46. The standard InChI is InChI=1S/C24H28N4O5S.ClH/c1-16(27-34(30,31)23-5-2-4-20-19(23)8-10-26-24(20)29)28-11-3-9-25-18(14-28)12-17-6-7-21-22(13-17)33-15-32-21;/h2,4-8,10,13,16,18,25,27H,3,9,11-12,14-15H2,1H3,(H,26,29);1H. The lowest BCUT2D eigenvalue weighted by Crippen LogP contribution is -2.50. The maximum atomic E-state index is 13.3. The Bertz CT molecular complexity index is 1310. The first-order valence-corrected chi connectivity index (χ1v) is 12.8. The maximum Gasteiger partial charge on any atom is 0.242 e. The number of halogens is 1. The summed E-state index contributed by atoms with van der Waals surface area (Å²) in [5.74, 6) is 1.34. The Hall–Kier alpha value is -2.63. The van der Waals surface area contributed by atoms with Gasteiger partial charge in [0.2, 0.25) is 22.7 Å². The molecule has 0 amide bonds. The van der Waals surface area contributed by atoms with Crippen molar-refractivity contribution in [1.29, 1.82) is 0 Å². The molecule has 11 heteroatoms. The van der Waals surface area contributed by atoms with Crippen molar-refractivity contribution in [3.05, 3.63) is 54.2 Å². The SMILES string of the molecule is CC(NS(=O)(=O)c1cccc2c(O)nccc12)N1CCCNC(Cc2ccc3c(c2)OCO3)C1.Cl. The van der Waals surface area contributed by atoms with Crippen molar-refractivity contribution >= 4 is 33.2 Å². The molecule has 2 aromatic carbocycles. The molecule has 2 aliphatic rings. The van der Waals surface area contributed by atoms with E-state index in [0.717, 1.165) is 43.0 Å². The molecule has 0 aliphatic carbocycles. The first-order valence-electron chi connectivity index (χ1n) is 11.4. The average Bonchev–Trinajstić information content (AvgIpc) is 3.15. The largest absolute Gasteiger partial charge is 0.493 e. The molecule has 0 bridgehead atoms. The minimum atomic E-state index is -3.83. The number of aromatic hydroxyl groups is 1. The fraction of sp³-hybridized carbons (Fsp3) is 0.375. The Balaban J connectivity index is 0.00000289. The van der Waals surface area contributed by atoms with Crippen LogP contribution in [-0.4, -0.2) is 62.0 Å². The Morgan fingerprint density at radius 2 is 2.03 bits per heavy atom. The van der Waals surface area contributed by atoms with E-state index in [0.29, 0.717) is 17.3 Å². The van der Waals surface area contributed by atoms with E-state index in [1.54, 1.807) is 24.3 Å². The molecule has 35 heavy (non-hydrogen) atoms. The Morgan fingerprint density at radius 3 is 2.89 bits per heavy atom. The zero-order valence-corrected chi connectivity index (χ0v) is 20.9. The fourth-order valence-corrected chi connectivity index (χ4v) is 6.08. The molecule has 3 aromatic rings.